The largest absolute Gasteiger partial charge is 0.298 e. The van der Waals surface area contributed by atoms with Crippen molar-refractivity contribution < 1.29 is 4.79 Å². The van der Waals surface area contributed by atoms with Crippen molar-refractivity contribution in [1.29, 1.82) is 0 Å². The fourth-order valence-corrected chi connectivity index (χ4v) is 1.71. The van der Waals surface area contributed by atoms with Gasteiger partial charge in [-0.3, -0.25) is 9.78 Å². The topological polar surface area (TPSA) is 30.0 Å². The van der Waals surface area contributed by atoms with Gasteiger partial charge in [-0.1, -0.05) is 31.5 Å². The van der Waals surface area contributed by atoms with E-state index in [9.17, 15) is 4.79 Å². The zero-order valence-electron chi connectivity index (χ0n) is 8.73. The number of pyridine rings is 1. The van der Waals surface area contributed by atoms with E-state index in [0.29, 0.717) is 0 Å². The molecule has 15 heavy (non-hydrogen) atoms. The zero-order chi connectivity index (χ0) is 10.7. The second-order valence-electron chi connectivity index (χ2n) is 3.58. The molecule has 2 nitrogen and oxygen atoms in total. The molecule has 76 valence electrons. The summed E-state index contributed by atoms with van der Waals surface area (Å²) in [6.45, 7) is 2.09. The van der Waals surface area contributed by atoms with Crippen molar-refractivity contribution in [2.75, 3.05) is 0 Å². The Hall–Kier alpha value is -1.70. The molecule has 0 atom stereocenters. The fourth-order valence-electron chi connectivity index (χ4n) is 1.71. The molecule has 0 aliphatic carbocycles. The minimum absolute atomic E-state index is 0.718. The van der Waals surface area contributed by atoms with Crippen molar-refractivity contribution in [2.45, 2.75) is 19.8 Å². The number of benzene rings is 1. The van der Waals surface area contributed by atoms with Crippen molar-refractivity contribution in [3.63, 3.8) is 0 Å². The van der Waals surface area contributed by atoms with Gasteiger partial charge in [0.05, 0.1) is 11.2 Å². The van der Waals surface area contributed by atoms with E-state index < -0.39 is 0 Å². The van der Waals surface area contributed by atoms with E-state index in [-0.39, 0.29) is 0 Å². The molecule has 0 fully saturated rings. The zero-order valence-corrected chi connectivity index (χ0v) is 8.73. The normalized spacial score (nSPS) is 10.5. The first-order valence-electron chi connectivity index (χ1n) is 5.19. The maximum atomic E-state index is 10.9. The minimum atomic E-state index is 0.718. The first kappa shape index (κ1) is 9.84. The van der Waals surface area contributed by atoms with Crippen molar-refractivity contribution in [2.24, 2.45) is 0 Å². The molecule has 0 saturated carbocycles. The van der Waals surface area contributed by atoms with E-state index in [1.165, 1.54) is 0 Å². The van der Waals surface area contributed by atoms with Crippen LogP contribution in [0.1, 0.15) is 29.4 Å². The van der Waals surface area contributed by atoms with Gasteiger partial charge >= 0.3 is 0 Å². The van der Waals surface area contributed by atoms with Crippen LogP contribution in [0.5, 0.6) is 0 Å². The molecule has 1 aromatic heterocycles. The molecule has 0 aliphatic rings. The number of para-hydroxylation sites is 1. The van der Waals surface area contributed by atoms with Crippen LogP contribution in [0.2, 0.25) is 0 Å². The van der Waals surface area contributed by atoms with Crippen LogP contribution in [0.15, 0.2) is 30.3 Å². The van der Waals surface area contributed by atoms with Crippen molar-refractivity contribution >= 4 is 17.2 Å². The van der Waals surface area contributed by atoms with Gasteiger partial charge in [0.2, 0.25) is 0 Å². The molecule has 2 rings (SSSR count). The summed E-state index contributed by atoms with van der Waals surface area (Å²) in [5.41, 5.74) is 2.59. The summed E-state index contributed by atoms with van der Waals surface area (Å²) in [6, 6.07) is 9.79. The SMILES string of the molecule is CCCc1nc2ccccc2cc1C=O. The summed E-state index contributed by atoms with van der Waals surface area (Å²) in [5, 5.41) is 1.03. The smallest absolute Gasteiger partial charge is 0.151 e. The Balaban J connectivity index is 2.63. The molecule has 0 N–H and O–H groups in total. The highest BCUT2D eigenvalue weighted by atomic mass is 16.1. The van der Waals surface area contributed by atoms with Gasteiger partial charge in [-0.2, -0.15) is 0 Å². The molecule has 1 aromatic carbocycles. The molecule has 1 heterocycles. The summed E-state index contributed by atoms with van der Waals surface area (Å²) in [5.74, 6) is 0. The van der Waals surface area contributed by atoms with Crippen molar-refractivity contribution in [1.82, 2.24) is 4.98 Å². The second kappa shape index (κ2) is 4.22. The van der Waals surface area contributed by atoms with Gasteiger partial charge in [0.15, 0.2) is 6.29 Å². The Morgan fingerprint density at radius 3 is 2.87 bits per heavy atom. The van der Waals surface area contributed by atoms with Crippen molar-refractivity contribution in [3.05, 3.63) is 41.6 Å². The van der Waals surface area contributed by atoms with Gasteiger partial charge in [0.25, 0.3) is 0 Å². The summed E-state index contributed by atoms with van der Waals surface area (Å²) < 4.78 is 0. The lowest BCUT2D eigenvalue weighted by Gasteiger charge is -2.04. The van der Waals surface area contributed by atoms with Crippen LogP contribution >= 0.6 is 0 Å². The number of nitrogens with zero attached hydrogens (tertiary/aromatic N) is 1. The lowest BCUT2D eigenvalue weighted by Crippen LogP contribution is -1.97. The number of aromatic nitrogens is 1. The van der Waals surface area contributed by atoms with Gasteiger partial charge in [0.1, 0.15) is 0 Å². The Kier molecular flexibility index (Phi) is 2.77. The third kappa shape index (κ3) is 1.89. The number of hydrogen-bond acceptors (Lipinski definition) is 2. The summed E-state index contributed by atoms with van der Waals surface area (Å²) >= 11 is 0. The predicted octanol–water partition coefficient (Wildman–Crippen LogP) is 3.00. The molecular formula is C13H13NO. The number of carbonyl (C=O) groups excluding carboxylic acids is 1. The maximum absolute atomic E-state index is 10.9. The van der Waals surface area contributed by atoms with E-state index in [4.69, 9.17) is 0 Å². The Morgan fingerprint density at radius 2 is 2.13 bits per heavy atom. The summed E-state index contributed by atoms with van der Waals surface area (Å²) in [6.07, 6.45) is 2.76. The number of aryl methyl sites for hydroxylation is 1. The number of aldehydes is 1. The third-order valence-corrected chi connectivity index (χ3v) is 2.45. The van der Waals surface area contributed by atoms with Crippen molar-refractivity contribution in [3.8, 4) is 0 Å². The number of fused-ring (bicyclic) bond motifs is 1. The highest BCUT2D eigenvalue weighted by Crippen LogP contribution is 2.16. The molecule has 2 aromatic rings. The van der Waals surface area contributed by atoms with E-state index in [1.54, 1.807) is 0 Å². The Morgan fingerprint density at radius 1 is 1.33 bits per heavy atom. The van der Waals surface area contributed by atoms with E-state index in [1.807, 2.05) is 30.3 Å². The van der Waals surface area contributed by atoms with Gasteiger partial charge < -0.3 is 0 Å². The fraction of sp³-hybridized carbons (Fsp3) is 0.231. The number of hydrogen-bond donors (Lipinski definition) is 0. The molecule has 0 spiro atoms. The van der Waals surface area contributed by atoms with Crippen LogP contribution in [0, 0.1) is 0 Å². The Labute approximate surface area is 89.0 Å². The molecule has 2 heteroatoms. The third-order valence-electron chi connectivity index (χ3n) is 2.45. The van der Waals surface area contributed by atoms with Crippen LogP contribution in [0.25, 0.3) is 10.9 Å². The summed E-state index contributed by atoms with van der Waals surface area (Å²) in [7, 11) is 0. The van der Waals surface area contributed by atoms with Gasteiger partial charge in [-0.05, 0) is 18.6 Å². The van der Waals surface area contributed by atoms with Gasteiger partial charge in [-0.15, -0.1) is 0 Å². The first-order valence-corrected chi connectivity index (χ1v) is 5.19. The first-order chi connectivity index (χ1) is 7.35. The molecule has 0 saturated heterocycles. The van der Waals surface area contributed by atoms with Crippen LogP contribution in [-0.2, 0) is 6.42 Å². The molecule has 0 unspecified atom stereocenters. The molecular weight excluding hydrogens is 186 g/mol. The maximum Gasteiger partial charge on any atom is 0.151 e. The average molecular weight is 199 g/mol. The van der Waals surface area contributed by atoms with Crippen LogP contribution in [-0.4, -0.2) is 11.3 Å². The van der Waals surface area contributed by atoms with Gasteiger partial charge in [-0.25, -0.2) is 0 Å². The highest BCUT2D eigenvalue weighted by molar-refractivity contribution is 5.87. The minimum Gasteiger partial charge on any atom is -0.298 e. The molecule has 0 amide bonds. The average Bonchev–Trinajstić information content (AvgIpc) is 2.28. The number of rotatable bonds is 3. The molecule has 0 bridgehead atoms. The predicted molar refractivity (Wildman–Crippen MR) is 61.1 cm³/mol. The Bertz CT molecular complexity index is 491. The van der Waals surface area contributed by atoms with Crippen LogP contribution < -0.4 is 0 Å². The molecule has 0 radical (unpaired) electrons. The van der Waals surface area contributed by atoms with Crippen LogP contribution in [0.3, 0.4) is 0 Å². The quantitative estimate of drug-likeness (QED) is 0.711. The molecule has 0 aliphatic heterocycles. The number of carbonyl (C=O) groups is 1. The van der Waals surface area contributed by atoms with E-state index >= 15 is 0 Å². The highest BCUT2D eigenvalue weighted by Gasteiger charge is 2.04. The second-order valence-corrected chi connectivity index (χ2v) is 3.58. The monoisotopic (exact) mass is 199 g/mol. The standard InChI is InChI=1S/C13H13NO/c1-2-5-12-11(9-15)8-10-6-3-4-7-13(10)14-12/h3-4,6-9H,2,5H2,1H3. The van der Waals surface area contributed by atoms with Gasteiger partial charge in [0, 0.05) is 10.9 Å². The van der Waals surface area contributed by atoms with E-state index in [2.05, 4.69) is 11.9 Å². The lowest BCUT2D eigenvalue weighted by atomic mass is 10.1. The van der Waals surface area contributed by atoms with E-state index in [0.717, 1.165) is 41.3 Å². The lowest BCUT2D eigenvalue weighted by molar-refractivity contribution is 0.112. The summed E-state index contributed by atoms with van der Waals surface area (Å²) in [4.78, 5) is 15.4. The van der Waals surface area contributed by atoms with Crippen LogP contribution in [0.4, 0.5) is 0 Å².